The average molecular weight is 266 g/mol. The van der Waals surface area contributed by atoms with E-state index in [4.69, 9.17) is 0 Å². The van der Waals surface area contributed by atoms with E-state index >= 15 is 0 Å². The molecule has 0 aromatic heterocycles. The van der Waals surface area contributed by atoms with Gasteiger partial charge < -0.3 is 5.32 Å². The van der Waals surface area contributed by atoms with Crippen LogP contribution in [0.4, 0.5) is 5.69 Å². The van der Waals surface area contributed by atoms with Gasteiger partial charge in [-0.15, -0.1) is 0 Å². The van der Waals surface area contributed by atoms with Crippen LogP contribution in [0.25, 0.3) is 0 Å². The lowest BCUT2D eigenvalue weighted by molar-refractivity contribution is -0.114. The molecule has 1 heterocycles. The molecule has 0 saturated carbocycles. The number of carbonyl (C=O) groups is 1. The third kappa shape index (κ3) is 2.32. The summed E-state index contributed by atoms with van der Waals surface area (Å²) in [6.45, 7) is 2.50. The largest absolute Gasteiger partial charge is 0.326 e. The molecule has 3 rings (SSSR count). The van der Waals surface area contributed by atoms with Crippen LogP contribution in [-0.2, 0) is 11.3 Å². The van der Waals surface area contributed by atoms with Crippen LogP contribution in [0, 0.1) is 0 Å². The maximum Gasteiger partial charge on any atom is 0.221 e. The zero-order valence-electron chi connectivity index (χ0n) is 11.8. The number of nitrogens with zero attached hydrogens (tertiary/aromatic N) is 1. The summed E-state index contributed by atoms with van der Waals surface area (Å²) >= 11 is 0. The second kappa shape index (κ2) is 5.10. The summed E-state index contributed by atoms with van der Waals surface area (Å²) in [7, 11) is 2.15. The molecule has 1 unspecified atom stereocenters. The van der Waals surface area contributed by atoms with Crippen molar-refractivity contribution >= 4 is 11.6 Å². The Morgan fingerprint density at radius 3 is 2.55 bits per heavy atom. The first-order valence-electron chi connectivity index (χ1n) is 6.81. The van der Waals surface area contributed by atoms with Crippen molar-refractivity contribution in [1.82, 2.24) is 4.90 Å². The van der Waals surface area contributed by atoms with Crippen molar-refractivity contribution in [3.8, 4) is 0 Å². The molecule has 3 heteroatoms. The highest BCUT2D eigenvalue weighted by Crippen LogP contribution is 2.37. The van der Waals surface area contributed by atoms with Crippen molar-refractivity contribution < 1.29 is 4.79 Å². The molecule has 0 bridgehead atoms. The van der Waals surface area contributed by atoms with E-state index in [0.29, 0.717) is 6.04 Å². The molecule has 2 aromatic rings. The van der Waals surface area contributed by atoms with Gasteiger partial charge in [-0.05, 0) is 35.9 Å². The lowest BCUT2D eigenvalue weighted by Crippen LogP contribution is -2.17. The van der Waals surface area contributed by atoms with Crippen LogP contribution in [0.15, 0.2) is 48.5 Å². The van der Waals surface area contributed by atoms with E-state index in [1.807, 2.05) is 12.1 Å². The maximum absolute atomic E-state index is 11.1. The summed E-state index contributed by atoms with van der Waals surface area (Å²) in [6, 6.07) is 17.0. The van der Waals surface area contributed by atoms with Crippen molar-refractivity contribution in [2.75, 3.05) is 12.4 Å². The van der Waals surface area contributed by atoms with Crippen molar-refractivity contribution in [3.63, 3.8) is 0 Å². The first kappa shape index (κ1) is 12.9. The van der Waals surface area contributed by atoms with Crippen LogP contribution in [0.3, 0.4) is 0 Å². The highest BCUT2D eigenvalue weighted by Gasteiger charge is 2.28. The smallest absolute Gasteiger partial charge is 0.221 e. The monoisotopic (exact) mass is 266 g/mol. The Morgan fingerprint density at radius 2 is 1.85 bits per heavy atom. The Kier molecular flexibility index (Phi) is 3.28. The van der Waals surface area contributed by atoms with Crippen LogP contribution in [0.1, 0.15) is 29.7 Å². The molecular formula is C17H18N2O. The molecule has 1 aliphatic heterocycles. The zero-order chi connectivity index (χ0) is 14.1. The highest BCUT2D eigenvalue weighted by molar-refractivity contribution is 5.88. The van der Waals surface area contributed by atoms with Gasteiger partial charge in [0.2, 0.25) is 5.91 Å². The second-order valence-corrected chi connectivity index (χ2v) is 5.32. The van der Waals surface area contributed by atoms with Gasteiger partial charge in [0.15, 0.2) is 0 Å². The van der Waals surface area contributed by atoms with E-state index in [1.165, 1.54) is 23.6 Å². The van der Waals surface area contributed by atoms with Crippen molar-refractivity contribution in [1.29, 1.82) is 0 Å². The molecule has 0 spiro atoms. The van der Waals surface area contributed by atoms with Crippen LogP contribution < -0.4 is 5.32 Å². The van der Waals surface area contributed by atoms with Crippen LogP contribution in [-0.4, -0.2) is 17.9 Å². The summed E-state index contributed by atoms with van der Waals surface area (Å²) in [5.41, 5.74) is 4.87. The molecule has 0 saturated heterocycles. The quantitative estimate of drug-likeness (QED) is 0.905. The van der Waals surface area contributed by atoms with Crippen molar-refractivity contribution in [2.24, 2.45) is 0 Å². The van der Waals surface area contributed by atoms with Gasteiger partial charge in [0.05, 0.1) is 6.04 Å². The van der Waals surface area contributed by atoms with E-state index in [9.17, 15) is 4.79 Å². The number of amides is 1. The summed E-state index contributed by atoms with van der Waals surface area (Å²) < 4.78 is 0. The summed E-state index contributed by atoms with van der Waals surface area (Å²) in [5.74, 6) is -0.0407. The van der Waals surface area contributed by atoms with Crippen LogP contribution in [0.5, 0.6) is 0 Å². The molecule has 0 fully saturated rings. The summed E-state index contributed by atoms with van der Waals surface area (Å²) in [5, 5.41) is 2.80. The van der Waals surface area contributed by atoms with Gasteiger partial charge in [-0.2, -0.15) is 0 Å². The SMILES string of the molecule is CC(=O)Nc1ccc(C2c3ccccc3CN2C)cc1. The lowest BCUT2D eigenvalue weighted by atomic mass is 9.98. The molecule has 20 heavy (non-hydrogen) atoms. The van der Waals surface area contributed by atoms with E-state index in [2.05, 4.69) is 53.7 Å². The van der Waals surface area contributed by atoms with E-state index in [-0.39, 0.29) is 5.91 Å². The molecule has 1 atom stereocenters. The van der Waals surface area contributed by atoms with Gasteiger partial charge in [-0.25, -0.2) is 0 Å². The first-order chi connectivity index (χ1) is 9.65. The number of hydrogen-bond donors (Lipinski definition) is 1. The molecular weight excluding hydrogens is 248 g/mol. The molecule has 1 N–H and O–H groups in total. The number of nitrogens with one attached hydrogen (secondary N) is 1. The van der Waals surface area contributed by atoms with Crippen LogP contribution in [0.2, 0.25) is 0 Å². The van der Waals surface area contributed by atoms with Gasteiger partial charge in [0.25, 0.3) is 0 Å². The Balaban J connectivity index is 1.91. The lowest BCUT2D eigenvalue weighted by Gasteiger charge is -2.21. The molecule has 3 nitrogen and oxygen atoms in total. The summed E-state index contributed by atoms with van der Waals surface area (Å²) in [6.07, 6.45) is 0. The molecule has 102 valence electrons. The third-order valence-electron chi connectivity index (χ3n) is 3.76. The van der Waals surface area contributed by atoms with E-state index in [1.54, 1.807) is 0 Å². The zero-order valence-corrected chi connectivity index (χ0v) is 11.8. The van der Waals surface area contributed by atoms with E-state index in [0.717, 1.165) is 12.2 Å². The number of fused-ring (bicyclic) bond motifs is 1. The molecule has 0 radical (unpaired) electrons. The maximum atomic E-state index is 11.1. The minimum Gasteiger partial charge on any atom is -0.326 e. The normalized spacial score (nSPS) is 17.8. The molecule has 2 aromatic carbocycles. The minimum absolute atomic E-state index is 0.0407. The highest BCUT2D eigenvalue weighted by atomic mass is 16.1. The topological polar surface area (TPSA) is 32.3 Å². The van der Waals surface area contributed by atoms with E-state index < -0.39 is 0 Å². The third-order valence-corrected chi connectivity index (χ3v) is 3.76. The Labute approximate surface area is 119 Å². The fraction of sp³-hybridized carbons (Fsp3) is 0.235. The molecule has 1 amide bonds. The Morgan fingerprint density at radius 1 is 1.15 bits per heavy atom. The first-order valence-corrected chi connectivity index (χ1v) is 6.81. The number of carbonyl (C=O) groups excluding carboxylic acids is 1. The van der Waals surface area contributed by atoms with Crippen LogP contribution >= 0.6 is 0 Å². The standard InChI is InChI=1S/C17H18N2O/c1-12(20)18-15-9-7-13(8-10-15)17-16-6-4-3-5-14(16)11-19(17)2/h3-10,17H,11H2,1-2H3,(H,18,20). The Bertz CT molecular complexity index is 634. The van der Waals surface area contributed by atoms with Gasteiger partial charge in [0.1, 0.15) is 0 Å². The van der Waals surface area contributed by atoms with Gasteiger partial charge in [-0.1, -0.05) is 36.4 Å². The Hall–Kier alpha value is -2.13. The summed E-state index contributed by atoms with van der Waals surface area (Å²) in [4.78, 5) is 13.4. The van der Waals surface area contributed by atoms with Gasteiger partial charge in [0, 0.05) is 19.2 Å². The molecule has 1 aliphatic rings. The number of anilines is 1. The average Bonchev–Trinajstić information content (AvgIpc) is 2.75. The fourth-order valence-electron chi connectivity index (χ4n) is 2.93. The minimum atomic E-state index is -0.0407. The number of rotatable bonds is 2. The van der Waals surface area contributed by atoms with Gasteiger partial charge in [-0.3, -0.25) is 9.69 Å². The fourth-order valence-corrected chi connectivity index (χ4v) is 2.93. The molecule has 0 aliphatic carbocycles. The predicted octanol–water partition coefficient (Wildman–Crippen LogP) is 3.18. The second-order valence-electron chi connectivity index (χ2n) is 5.32. The van der Waals surface area contributed by atoms with Crippen molar-refractivity contribution in [3.05, 3.63) is 65.2 Å². The van der Waals surface area contributed by atoms with Gasteiger partial charge >= 0.3 is 0 Å². The van der Waals surface area contributed by atoms with Crippen molar-refractivity contribution in [2.45, 2.75) is 19.5 Å². The number of benzene rings is 2. The predicted molar refractivity (Wildman–Crippen MR) is 80.5 cm³/mol. The number of hydrogen-bond acceptors (Lipinski definition) is 2.